The maximum Gasteiger partial charge on any atom is 0.254 e. The first-order chi connectivity index (χ1) is 16.6. The van der Waals surface area contributed by atoms with E-state index in [2.05, 4.69) is 4.98 Å². The number of ether oxygens (including phenoxy) is 1. The highest BCUT2D eigenvalue weighted by molar-refractivity contribution is 5.95. The lowest BCUT2D eigenvalue weighted by molar-refractivity contribution is -0.128. The van der Waals surface area contributed by atoms with E-state index in [1.165, 1.54) is 0 Å². The molecule has 0 spiro atoms. The first-order valence-electron chi connectivity index (χ1n) is 11.8. The molecule has 3 aromatic rings. The maximum absolute atomic E-state index is 13.5. The van der Waals surface area contributed by atoms with Gasteiger partial charge in [-0.05, 0) is 55.2 Å². The Labute approximate surface area is 199 Å². The number of amides is 2. The summed E-state index contributed by atoms with van der Waals surface area (Å²) in [5.74, 6) is 1.55. The Kier molecular flexibility index (Phi) is 6.25. The number of benzene rings is 2. The molecular formula is C27H28N4O3. The molecule has 5 rings (SSSR count). The van der Waals surface area contributed by atoms with E-state index < -0.39 is 0 Å². The number of nitrogens with zero attached hydrogens (tertiary/aromatic N) is 4. The molecule has 2 amide bonds. The van der Waals surface area contributed by atoms with Gasteiger partial charge in [0.05, 0.1) is 18.8 Å². The summed E-state index contributed by atoms with van der Waals surface area (Å²) in [5.41, 5.74) is 3.36. The molecule has 34 heavy (non-hydrogen) atoms. The van der Waals surface area contributed by atoms with Gasteiger partial charge in [-0.3, -0.25) is 9.59 Å². The summed E-state index contributed by atoms with van der Waals surface area (Å²) in [6.45, 7) is 2.03. The Morgan fingerprint density at radius 3 is 2.79 bits per heavy atom. The van der Waals surface area contributed by atoms with E-state index in [-0.39, 0.29) is 17.9 Å². The molecule has 1 atom stereocenters. The van der Waals surface area contributed by atoms with Crippen molar-refractivity contribution >= 4 is 11.8 Å². The third kappa shape index (κ3) is 4.51. The lowest BCUT2D eigenvalue weighted by Gasteiger charge is -2.25. The lowest BCUT2D eigenvalue weighted by atomic mass is 10.1. The molecule has 174 valence electrons. The summed E-state index contributed by atoms with van der Waals surface area (Å²) in [6.07, 6.45) is 5.07. The van der Waals surface area contributed by atoms with E-state index in [4.69, 9.17) is 9.72 Å². The summed E-state index contributed by atoms with van der Waals surface area (Å²) in [4.78, 5) is 38.6. The molecule has 0 saturated carbocycles. The van der Waals surface area contributed by atoms with Crippen LogP contribution in [0.5, 0.6) is 5.75 Å². The predicted molar refractivity (Wildman–Crippen MR) is 128 cm³/mol. The standard InChI is InChI=1S/C27H28N4O3/c1-34-22-9-3-7-20(17-22)26-28-13-12-23(29-26)24-10-4-15-31(24)27(33)21-8-2-6-19(16-21)18-30-14-5-11-25(30)32/h2-3,6-9,12-13,16-17,24H,4-5,10-11,14-15,18H2,1H3. The second-order valence-corrected chi connectivity index (χ2v) is 8.81. The number of hydrogen-bond acceptors (Lipinski definition) is 5. The summed E-state index contributed by atoms with van der Waals surface area (Å²) in [5, 5.41) is 0. The molecule has 2 fully saturated rings. The Morgan fingerprint density at radius 2 is 1.97 bits per heavy atom. The fraction of sp³-hybridized carbons (Fsp3) is 0.333. The van der Waals surface area contributed by atoms with Crippen molar-refractivity contribution in [1.29, 1.82) is 0 Å². The van der Waals surface area contributed by atoms with Crippen LogP contribution in [0.3, 0.4) is 0 Å². The van der Waals surface area contributed by atoms with Crippen LogP contribution in [-0.2, 0) is 11.3 Å². The van der Waals surface area contributed by atoms with Gasteiger partial charge in [-0.2, -0.15) is 0 Å². The van der Waals surface area contributed by atoms with Crippen molar-refractivity contribution in [2.24, 2.45) is 0 Å². The second kappa shape index (κ2) is 9.63. The van der Waals surface area contributed by atoms with Gasteiger partial charge < -0.3 is 14.5 Å². The number of carbonyl (C=O) groups is 2. The molecule has 3 heterocycles. The highest BCUT2D eigenvalue weighted by Gasteiger charge is 2.32. The van der Waals surface area contributed by atoms with E-state index in [0.29, 0.717) is 30.9 Å². The average molecular weight is 457 g/mol. The first kappa shape index (κ1) is 22.1. The third-order valence-corrected chi connectivity index (χ3v) is 6.58. The summed E-state index contributed by atoms with van der Waals surface area (Å²) >= 11 is 0. The topological polar surface area (TPSA) is 75.6 Å². The monoisotopic (exact) mass is 456 g/mol. The van der Waals surface area contributed by atoms with Gasteiger partial charge in [0.2, 0.25) is 5.91 Å². The first-order valence-corrected chi connectivity index (χ1v) is 11.8. The molecule has 0 bridgehead atoms. The van der Waals surface area contributed by atoms with Crippen molar-refractivity contribution < 1.29 is 14.3 Å². The molecule has 0 N–H and O–H groups in total. The molecule has 0 aliphatic carbocycles. The molecule has 7 heteroatoms. The third-order valence-electron chi connectivity index (χ3n) is 6.58. The van der Waals surface area contributed by atoms with E-state index in [1.54, 1.807) is 13.3 Å². The number of carbonyl (C=O) groups excluding carboxylic acids is 2. The fourth-order valence-corrected chi connectivity index (χ4v) is 4.84. The van der Waals surface area contributed by atoms with Crippen LogP contribution in [-0.4, -0.2) is 51.8 Å². The van der Waals surface area contributed by atoms with Gasteiger partial charge in [0.1, 0.15) is 5.75 Å². The smallest absolute Gasteiger partial charge is 0.254 e. The summed E-state index contributed by atoms with van der Waals surface area (Å²) in [6, 6.07) is 17.1. The SMILES string of the molecule is COc1cccc(-c2nccc(C3CCCN3C(=O)c3cccc(CN4CCCC4=O)c3)n2)c1. The van der Waals surface area contributed by atoms with Crippen molar-refractivity contribution in [3.05, 3.63) is 77.6 Å². The van der Waals surface area contributed by atoms with Crippen LogP contribution in [0.1, 0.15) is 53.3 Å². The van der Waals surface area contributed by atoms with Crippen molar-refractivity contribution in [2.45, 2.75) is 38.3 Å². The Hall–Kier alpha value is -3.74. The lowest BCUT2D eigenvalue weighted by Crippen LogP contribution is -2.31. The number of likely N-dealkylation sites (tertiary alicyclic amines) is 2. The van der Waals surface area contributed by atoms with Crippen molar-refractivity contribution in [2.75, 3.05) is 20.2 Å². The van der Waals surface area contributed by atoms with Crippen LogP contribution in [0.15, 0.2) is 60.8 Å². The molecule has 2 aliphatic heterocycles. The van der Waals surface area contributed by atoms with Gasteiger partial charge in [-0.25, -0.2) is 9.97 Å². The van der Waals surface area contributed by atoms with Crippen molar-refractivity contribution in [3.63, 3.8) is 0 Å². The van der Waals surface area contributed by atoms with E-state index in [9.17, 15) is 9.59 Å². The Balaban J connectivity index is 1.36. The molecule has 7 nitrogen and oxygen atoms in total. The van der Waals surface area contributed by atoms with Gasteiger partial charge in [-0.15, -0.1) is 0 Å². The van der Waals surface area contributed by atoms with Crippen LogP contribution >= 0.6 is 0 Å². The summed E-state index contributed by atoms with van der Waals surface area (Å²) in [7, 11) is 1.64. The molecule has 2 saturated heterocycles. The molecule has 1 aromatic heterocycles. The number of aromatic nitrogens is 2. The highest BCUT2D eigenvalue weighted by Crippen LogP contribution is 2.33. The zero-order valence-corrected chi connectivity index (χ0v) is 19.3. The highest BCUT2D eigenvalue weighted by atomic mass is 16.5. The van der Waals surface area contributed by atoms with Gasteiger partial charge in [0.15, 0.2) is 5.82 Å². The molecule has 1 unspecified atom stereocenters. The fourth-order valence-electron chi connectivity index (χ4n) is 4.84. The number of rotatable bonds is 6. The van der Waals surface area contributed by atoms with Gasteiger partial charge >= 0.3 is 0 Å². The molecule has 2 aliphatic rings. The van der Waals surface area contributed by atoms with Gasteiger partial charge in [0.25, 0.3) is 5.91 Å². The van der Waals surface area contributed by atoms with E-state index in [1.807, 2.05) is 64.4 Å². The molecule has 2 aromatic carbocycles. The predicted octanol–water partition coefficient (Wildman–Crippen LogP) is 4.25. The minimum absolute atomic E-state index is 0.00126. The Morgan fingerprint density at radius 1 is 1.09 bits per heavy atom. The van der Waals surface area contributed by atoms with Crippen LogP contribution in [0.4, 0.5) is 0 Å². The quantitative estimate of drug-likeness (QED) is 0.554. The van der Waals surface area contributed by atoms with Crippen LogP contribution in [0.25, 0.3) is 11.4 Å². The van der Waals surface area contributed by atoms with E-state index in [0.717, 1.165) is 48.4 Å². The largest absolute Gasteiger partial charge is 0.497 e. The molecule has 0 radical (unpaired) electrons. The average Bonchev–Trinajstić information content (AvgIpc) is 3.53. The number of hydrogen-bond donors (Lipinski definition) is 0. The van der Waals surface area contributed by atoms with Crippen molar-refractivity contribution in [1.82, 2.24) is 19.8 Å². The minimum Gasteiger partial charge on any atom is -0.497 e. The summed E-state index contributed by atoms with van der Waals surface area (Å²) < 4.78 is 5.33. The van der Waals surface area contributed by atoms with Crippen molar-refractivity contribution in [3.8, 4) is 17.1 Å². The second-order valence-electron chi connectivity index (χ2n) is 8.81. The van der Waals surface area contributed by atoms with Crippen LogP contribution in [0.2, 0.25) is 0 Å². The van der Waals surface area contributed by atoms with E-state index >= 15 is 0 Å². The van der Waals surface area contributed by atoms with Gasteiger partial charge in [-0.1, -0.05) is 24.3 Å². The van der Waals surface area contributed by atoms with Gasteiger partial charge in [0, 0.05) is 43.4 Å². The normalized spacial score (nSPS) is 17.9. The minimum atomic E-state index is -0.0938. The van der Waals surface area contributed by atoms with Crippen LogP contribution < -0.4 is 4.74 Å². The maximum atomic E-state index is 13.5. The molecular weight excluding hydrogens is 428 g/mol. The van der Waals surface area contributed by atoms with Crippen LogP contribution in [0, 0.1) is 0 Å². The zero-order chi connectivity index (χ0) is 23.5. The Bertz CT molecular complexity index is 1210. The zero-order valence-electron chi connectivity index (χ0n) is 19.3. The number of methoxy groups -OCH3 is 1.